The number of thiazole rings is 1. The van der Waals surface area contributed by atoms with Gasteiger partial charge in [-0.25, -0.2) is 4.98 Å². The lowest BCUT2D eigenvalue weighted by atomic mass is 10.1. The summed E-state index contributed by atoms with van der Waals surface area (Å²) >= 11 is 1.31. The Morgan fingerprint density at radius 2 is 2.07 bits per heavy atom. The Balaban J connectivity index is 2.00. The molecule has 0 spiro atoms. The lowest BCUT2D eigenvalue weighted by Gasteiger charge is -2.14. The Morgan fingerprint density at radius 1 is 1.30 bits per heavy atom. The van der Waals surface area contributed by atoms with Gasteiger partial charge in [0, 0.05) is 28.7 Å². The van der Waals surface area contributed by atoms with Crippen molar-refractivity contribution in [3.63, 3.8) is 0 Å². The number of carbonyl (C=O) groups excluding carboxylic acids is 1. The molecule has 1 N–H and O–H groups in total. The number of aryl methyl sites for hydroxylation is 2. The summed E-state index contributed by atoms with van der Waals surface area (Å²) in [6.07, 6.45) is 3.24. The zero-order chi connectivity index (χ0) is 19.6. The number of hydrogen-bond acceptors (Lipinski definition) is 4. The highest BCUT2D eigenvalue weighted by molar-refractivity contribution is 7.13. The smallest absolute Gasteiger partial charge is 0.268 e. The van der Waals surface area contributed by atoms with Crippen molar-refractivity contribution in [1.82, 2.24) is 9.55 Å². The summed E-state index contributed by atoms with van der Waals surface area (Å²) in [5.41, 5.74) is 6.46. The summed E-state index contributed by atoms with van der Waals surface area (Å²) in [5.74, 6) is -0.455. The number of hydrogen-bond donors (Lipinski definition) is 1. The molecule has 0 fully saturated rings. The molecule has 0 aliphatic heterocycles. The van der Waals surface area contributed by atoms with Crippen molar-refractivity contribution in [3.05, 3.63) is 69.5 Å². The third-order valence-corrected chi connectivity index (χ3v) is 5.29. The van der Waals surface area contributed by atoms with E-state index in [4.69, 9.17) is 0 Å². The van der Waals surface area contributed by atoms with E-state index in [0.29, 0.717) is 5.13 Å². The predicted octanol–water partition coefficient (Wildman–Crippen LogP) is 4.71. The Morgan fingerprint density at radius 3 is 2.74 bits per heavy atom. The number of amides is 1. The van der Waals surface area contributed by atoms with E-state index >= 15 is 0 Å². The van der Waals surface area contributed by atoms with E-state index < -0.39 is 5.91 Å². The first-order valence-corrected chi connectivity index (χ1v) is 9.38. The van der Waals surface area contributed by atoms with Gasteiger partial charge >= 0.3 is 0 Å². The lowest BCUT2D eigenvalue weighted by Crippen LogP contribution is -2.13. The Labute approximate surface area is 162 Å². The van der Waals surface area contributed by atoms with Crippen LogP contribution < -0.4 is 5.32 Å². The molecule has 3 rings (SSSR count). The van der Waals surface area contributed by atoms with Crippen LogP contribution in [0, 0.1) is 39.0 Å². The van der Waals surface area contributed by atoms with Crippen LogP contribution >= 0.6 is 11.3 Å². The molecule has 0 atom stereocenters. The molecule has 0 saturated carbocycles. The molecule has 0 bridgehead atoms. The van der Waals surface area contributed by atoms with E-state index in [1.165, 1.54) is 22.5 Å². The van der Waals surface area contributed by atoms with E-state index in [-0.39, 0.29) is 5.57 Å². The van der Waals surface area contributed by atoms with E-state index in [2.05, 4.69) is 40.8 Å². The van der Waals surface area contributed by atoms with Gasteiger partial charge in [0.25, 0.3) is 5.91 Å². The maximum Gasteiger partial charge on any atom is 0.268 e. The third kappa shape index (κ3) is 3.69. The summed E-state index contributed by atoms with van der Waals surface area (Å²) in [4.78, 5) is 16.4. The van der Waals surface area contributed by atoms with Crippen LogP contribution in [0.2, 0.25) is 0 Å². The van der Waals surface area contributed by atoms with Crippen LogP contribution in [-0.4, -0.2) is 15.5 Å². The summed E-state index contributed by atoms with van der Waals surface area (Å²) in [6, 6.07) is 10.2. The molecule has 5 nitrogen and oxygen atoms in total. The van der Waals surface area contributed by atoms with Crippen LogP contribution in [0.15, 0.2) is 41.4 Å². The first-order valence-electron chi connectivity index (χ1n) is 8.50. The zero-order valence-corrected chi connectivity index (χ0v) is 16.5. The van der Waals surface area contributed by atoms with Crippen LogP contribution in [0.1, 0.15) is 28.1 Å². The van der Waals surface area contributed by atoms with Crippen molar-refractivity contribution >= 4 is 28.5 Å². The normalized spacial score (nSPS) is 11.3. The highest BCUT2D eigenvalue weighted by atomic mass is 32.1. The van der Waals surface area contributed by atoms with Gasteiger partial charge in [0.2, 0.25) is 0 Å². The SMILES string of the molecule is Cc1cccc(-n2c(C)cc(/C=C(/C#N)C(=O)Nc3nccs3)c2C)c1C. The zero-order valence-electron chi connectivity index (χ0n) is 15.7. The second-order valence-corrected chi connectivity index (χ2v) is 7.24. The van der Waals surface area contributed by atoms with E-state index in [1.54, 1.807) is 17.7 Å². The first kappa shape index (κ1) is 18.6. The van der Waals surface area contributed by atoms with E-state index in [1.807, 2.05) is 32.0 Å². The maximum atomic E-state index is 12.4. The number of benzene rings is 1. The molecular formula is C21H20N4OS. The summed E-state index contributed by atoms with van der Waals surface area (Å²) in [6.45, 7) is 8.20. The fraction of sp³-hybridized carbons (Fsp3) is 0.190. The average molecular weight is 376 g/mol. The fourth-order valence-electron chi connectivity index (χ4n) is 3.04. The molecule has 3 aromatic rings. The Hall–Kier alpha value is -3.17. The van der Waals surface area contributed by atoms with E-state index in [0.717, 1.165) is 22.6 Å². The van der Waals surface area contributed by atoms with Gasteiger partial charge in [-0.15, -0.1) is 11.3 Å². The highest BCUT2D eigenvalue weighted by Crippen LogP contribution is 2.26. The van der Waals surface area contributed by atoms with E-state index in [9.17, 15) is 10.1 Å². The minimum atomic E-state index is -0.455. The van der Waals surface area contributed by atoms with Gasteiger partial charge in [-0.05, 0) is 62.6 Å². The number of aromatic nitrogens is 2. The first-order chi connectivity index (χ1) is 12.9. The number of anilines is 1. The molecule has 27 heavy (non-hydrogen) atoms. The molecule has 136 valence electrons. The van der Waals surface area contributed by atoms with Gasteiger partial charge in [-0.1, -0.05) is 12.1 Å². The second-order valence-electron chi connectivity index (χ2n) is 6.34. The molecule has 1 aromatic carbocycles. The third-order valence-electron chi connectivity index (χ3n) is 4.60. The fourth-order valence-corrected chi connectivity index (χ4v) is 3.56. The average Bonchev–Trinajstić information content (AvgIpc) is 3.23. The van der Waals surface area contributed by atoms with Crippen LogP contribution in [0.5, 0.6) is 0 Å². The molecule has 0 aliphatic carbocycles. The van der Waals surface area contributed by atoms with Gasteiger partial charge in [-0.2, -0.15) is 5.26 Å². The monoisotopic (exact) mass is 376 g/mol. The maximum absolute atomic E-state index is 12.4. The van der Waals surface area contributed by atoms with Crippen molar-refractivity contribution in [2.45, 2.75) is 27.7 Å². The molecular weight excluding hydrogens is 356 g/mol. The number of nitriles is 1. The Kier molecular flexibility index (Phi) is 5.24. The minimum Gasteiger partial charge on any atom is -0.318 e. The number of rotatable bonds is 4. The summed E-state index contributed by atoms with van der Waals surface area (Å²) in [7, 11) is 0. The van der Waals surface area contributed by atoms with Gasteiger partial charge < -0.3 is 4.57 Å². The van der Waals surface area contributed by atoms with Crippen LogP contribution in [0.25, 0.3) is 11.8 Å². The van der Waals surface area contributed by atoms with Crippen molar-refractivity contribution in [2.75, 3.05) is 5.32 Å². The molecule has 0 unspecified atom stereocenters. The van der Waals surface area contributed by atoms with Crippen molar-refractivity contribution in [3.8, 4) is 11.8 Å². The van der Waals surface area contributed by atoms with Crippen LogP contribution in [-0.2, 0) is 4.79 Å². The van der Waals surface area contributed by atoms with Gasteiger partial charge in [0.05, 0.1) is 0 Å². The molecule has 1 amide bonds. The molecule has 0 radical (unpaired) electrons. The minimum absolute atomic E-state index is 0.0476. The second kappa shape index (κ2) is 7.60. The van der Waals surface area contributed by atoms with Crippen LogP contribution in [0.3, 0.4) is 0 Å². The highest BCUT2D eigenvalue weighted by Gasteiger charge is 2.15. The van der Waals surface area contributed by atoms with Crippen molar-refractivity contribution in [1.29, 1.82) is 5.26 Å². The Bertz CT molecular complexity index is 1070. The molecule has 0 aliphatic rings. The molecule has 0 saturated heterocycles. The number of nitrogens with zero attached hydrogens (tertiary/aromatic N) is 3. The molecule has 2 heterocycles. The number of nitrogens with one attached hydrogen (secondary N) is 1. The van der Waals surface area contributed by atoms with Crippen molar-refractivity contribution < 1.29 is 4.79 Å². The predicted molar refractivity (Wildman–Crippen MR) is 109 cm³/mol. The number of carbonyl (C=O) groups is 1. The largest absolute Gasteiger partial charge is 0.318 e. The lowest BCUT2D eigenvalue weighted by molar-refractivity contribution is -0.112. The van der Waals surface area contributed by atoms with Gasteiger partial charge in [-0.3, -0.25) is 10.1 Å². The van der Waals surface area contributed by atoms with Gasteiger partial charge in [0.15, 0.2) is 5.13 Å². The van der Waals surface area contributed by atoms with Crippen LogP contribution in [0.4, 0.5) is 5.13 Å². The quantitative estimate of drug-likeness (QED) is 0.529. The topological polar surface area (TPSA) is 70.7 Å². The van der Waals surface area contributed by atoms with Gasteiger partial charge in [0.1, 0.15) is 11.6 Å². The van der Waals surface area contributed by atoms with Crippen molar-refractivity contribution in [2.24, 2.45) is 0 Å². The summed E-state index contributed by atoms with van der Waals surface area (Å²) < 4.78 is 2.15. The molecule has 2 aromatic heterocycles. The standard InChI is InChI=1S/C21H20N4OS/c1-13-6-5-7-19(15(13)3)25-14(2)10-17(16(25)4)11-18(12-22)20(26)24-21-23-8-9-27-21/h5-11H,1-4H3,(H,23,24,26)/b18-11-. The summed E-state index contributed by atoms with van der Waals surface area (Å²) in [5, 5.41) is 14.3. The molecule has 6 heteroatoms.